The van der Waals surface area contributed by atoms with E-state index in [1.807, 2.05) is 11.8 Å². The molecule has 14 heavy (non-hydrogen) atoms. The quantitative estimate of drug-likeness (QED) is 0.712. The molecule has 1 aliphatic rings. The molecule has 1 fully saturated rings. The van der Waals surface area contributed by atoms with E-state index in [-0.39, 0.29) is 11.8 Å². The number of morpholine rings is 1. The molecule has 0 saturated carbocycles. The number of amides is 1. The molecule has 82 valence electrons. The fraction of sp³-hybridized carbons (Fsp3) is 0.900. The Balaban J connectivity index is 2.33. The van der Waals surface area contributed by atoms with Crippen molar-refractivity contribution < 1.29 is 14.6 Å². The molecule has 1 rings (SSSR count). The standard InChI is InChI=1S/C10H19NO3/c1-8(9(2)12)7-10(13)11-3-5-14-6-4-11/h8-9,12H,3-7H2,1-2H3/t8-,9-/m0/s1. The first kappa shape index (κ1) is 11.5. The van der Waals surface area contributed by atoms with Gasteiger partial charge < -0.3 is 14.7 Å². The molecule has 1 heterocycles. The zero-order valence-corrected chi connectivity index (χ0v) is 8.90. The van der Waals surface area contributed by atoms with E-state index < -0.39 is 6.10 Å². The molecule has 0 aromatic carbocycles. The van der Waals surface area contributed by atoms with Crippen LogP contribution in [0.3, 0.4) is 0 Å². The Morgan fingerprint density at radius 1 is 1.43 bits per heavy atom. The molecule has 0 aromatic heterocycles. The summed E-state index contributed by atoms with van der Waals surface area (Å²) in [6.45, 7) is 6.25. The van der Waals surface area contributed by atoms with Gasteiger partial charge in [0.1, 0.15) is 0 Å². The molecule has 4 nitrogen and oxygen atoms in total. The molecule has 1 saturated heterocycles. The number of aliphatic hydroxyl groups is 1. The molecule has 0 aliphatic carbocycles. The molecule has 1 aliphatic heterocycles. The number of rotatable bonds is 3. The Labute approximate surface area is 84.8 Å². The van der Waals surface area contributed by atoms with Crippen LogP contribution < -0.4 is 0 Å². The summed E-state index contributed by atoms with van der Waals surface area (Å²) in [5, 5.41) is 9.27. The summed E-state index contributed by atoms with van der Waals surface area (Å²) < 4.78 is 5.16. The first-order valence-electron chi connectivity index (χ1n) is 5.15. The molecule has 2 atom stereocenters. The lowest BCUT2D eigenvalue weighted by Crippen LogP contribution is -2.41. The van der Waals surface area contributed by atoms with Gasteiger partial charge in [0.05, 0.1) is 19.3 Å². The number of carbonyl (C=O) groups excluding carboxylic acids is 1. The van der Waals surface area contributed by atoms with Crippen molar-refractivity contribution in [1.82, 2.24) is 4.90 Å². The maximum absolute atomic E-state index is 11.7. The third-order valence-electron chi connectivity index (χ3n) is 2.68. The molecule has 0 bridgehead atoms. The van der Waals surface area contributed by atoms with Crippen molar-refractivity contribution in [1.29, 1.82) is 0 Å². The van der Waals surface area contributed by atoms with Gasteiger partial charge in [-0.1, -0.05) is 6.92 Å². The van der Waals surface area contributed by atoms with Gasteiger partial charge in [-0.15, -0.1) is 0 Å². The summed E-state index contributed by atoms with van der Waals surface area (Å²) in [6, 6.07) is 0. The summed E-state index contributed by atoms with van der Waals surface area (Å²) in [6.07, 6.45) is 0.0116. The highest BCUT2D eigenvalue weighted by Gasteiger charge is 2.20. The van der Waals surface area contributed by atoms with Crippen LogP contribution in [0.5, 0.6) is 0 Å². The van der Waals surface area contributed by atoms with Crippen LogP contribution >= 0.6 is 0 Å². The van der Waals surface area contributed by atoms with Crippen LogP contribution in [-0.2, 0) is 9.53 Å². The minimum absolute atomic E-state index is 0.0327. The molecular formula is C10H19NO3. The molecule has 0 aromatic rings. The van der Waals surface area contributed by atoms with E-state index in [2.05, 4.69) is 0 Å². The summed E-state index contributed by atoms with van der Waals surface area (Å²) in [5.41, 5.74) is 0. The van der Waals surface area contributed by atoms with Gasteiger partial charge in [0.2, 0.25) is 5.91 Å². The average Bonchev–Trinajstić information content (AvgIpc) is 2.19. The molecule has 0 unspecified atom stereocenters. The van der Waals surface area contributed by atoms with Gasteiger partial charge >= 0.3 is 0 Å². The zero-order valence-electron chi connectivity index (χ0n) is 8.90. The second-order valence-electron chi connectivity index (χ2n) is 3.92. The van der Waals surface area contributed by atoms with Crippen molar-refractivity contribution >= 4 is 5.91 Å². The van der Waals surface area contributed by atoms with Gasteiger partial charge in [-0.25, -0.2) is 0 Å². The Kier molecular flexibility index (Phi) is 4.35. The second-order valence-corrected chi connectivity index (χ2v) is 3.92. The number of ether oxygens (including phenoxy) is 1. The maximum atomic E-state index is 11.7. The number of nitrogens with zero attached hydrogens (tertiary/aromatic N) is 1. The Morgan fingerprint density at radius 3 is 2.50 bits per heavy atom. The van der Waals surface area contributed by atoms with Crippen molar-refractivity contribution in [2.24, 2.45) is 5.92 Å². The van der Waals surface area contributed by atoms with E-state index in [1.54, 1.807) is 6.92 Å². The average molecular weight is 201 g/mol. The van der Waals surface area contributed by atoms with Crippen molar-refractivity contribution in [3.05, 3.63) is 0 Å². The summed E-state index contributed by atoms with van der Waals surface area (Å²) >= 11 is 0. The molecular weight excluding hydrogens is 182 g/mol. The van der Waals surface area contributed by atoms with Crippen molar-refractivity contribution in [3.63, 3.8) is 0 Å². The van der Waals surface area contributed by atoms with E-state index in [0.717, 1.165) is 0 Å². The highest BCUT2D eigenvalue weighted by molar-refractivity contribution is 5.76. The second kappa shape index (κ2) is 5.32. The van der Waals surface area contributed by atoms with E-state index in [9.17, 15) is 9.90 Å². The number of aliphatic hydroxyl groups excluding tert-OH is 1. The lowest BCUT2D eigenvalue weighted by molar-refractivity contribution is -0.136. The molecule has 0 radical (unpaired) electrons. The first-order valence-corrected chi connectivity index (χ1v) is 5.15. The monoisotopic (exact) mass is 201 g/mol. The highest BCUT2D eigenvalue weighted by atomic mass is 16.5. The predicted molar refractivity (Wildman–Crippen MR) is 52.9 cm³/mol. The van der Waals surface area contributed by atoms with Crippen molar-refractivity contribution in [2.75, 3.05) is 26.3 Å². The number of hydrogen-bond acceptors (Lipinski definition) is 3. The zero-order chi connectivity index (χ0) is 10.6. The van der Waals surface area contributed by atoms with Crippen molar-refractivity contribution in [2.45, 2.75) is 26.4 Å². The van der Waals surface area contributed by atoms with Crippen LogP contribution in [0.1, 0.15) is 20.3 Å². The van der Waals surface area contributed by atoms with Crippen LogP contribution in [0, 0.1) is 5.92 Å². The topological polar surface area (TPSA) is 49.8 Å². The fourth-order valence-electron chi connectivity index (χ4n) is 1.39. The van der Waals surface area contributed by atoms with E-state index in [1.165, 1.54) is 0 Å². The lowest BCUT2D eigenvalue weighted by atomic mass is 10.0. The lowest BCUT2D eigenvalue weighted by Gasteiger charge is -2.28. The van der Waals surface area contributed by atoms with Gasteiger partial charge in [0.15, 0.2) is 0 Å². The van der Waals surface area contributed by atoms with Gasteiger partial charge in [-0.2, -0.15) is 0 Å². The normalized spacial score (nSPS) is 21.8. The number of hydrogen-bond donors (Lipinski definition) is 1. The third kappa shape index (κ3) is 3.27. The van der Waals surface area contributed by atoms with Crippen LogP contribution in [0.2, 0.25) is 0 Å². The smallest absolute Gasteiger partial charge is 0.223 e. The summed E-state index contributed by atoms with van der Waals surface area (Å²) in [7, 11) is 0. The molecule has 1 amide bonds. The molecule has 0 spiro atoms. The Bertz CT molecular complexity index is 188. The van der Waals surface area contributed by atoms with Gasteiger partial charge in [-0.3, -0.25) is 4.79 Å². The van der Waals surface area contributed by atoms with Crippen molar-refractivity contribution in [3.8, 4) is 0 Å². The van der Waals surface area contributed by atoms with E-state index in [0.29, 0.717) is 32.7 Å². The van der Waals surface area contributed by atoms with E-state index in [4.69, 9.17) is 4.74 Å². The van der Waals surface area contributed by atoms with Crippen LogP contribution in [-0.4, -0.2) is 48.3 Å². The maximum Gasteiger partial charge on any atom is 0.223 e. The fourth-order valence-corrected chi connectivity index (χ4v) is 1.39. The van der Waals surface area contributed by atoms with Crippen LogP contribution in [0.25, 0.3) is 0 Å². The van der Waals surface area contributed by atoms with Gasteiger partial charge in [0, 0.05) is 19.5 Å². The minimum atomic E-state index is -0.417. The largest absolute Gasteiger partial charge is 0.393 e. The number of carbonyl (C=O) groups is 1. The first-order chi connectivity index (χ1) is 6.61. The third-order valence-corrected chi connectivity index (χ3v) is 2.68. The predicted octanol–water partition coefficient (Wildman–Crippen LogP) is 0.252. The SMILES string of the molecule is C[C@H](O)[C@@H](C)CC(=O)N1CCOCC1. The van der Waals surface area contributed by atoms with E-state index >= 15 is 0 Å². The summed E-state index contributed by atoms with van der Waals surface area (Å²) in [4.78, 5) is 13.5. The Morgan fingerprint density at radius 2 is 2.00 bits per heavy atom. The molecule has 4 heteroatoms. The van der Waals surface area contributed by atoms with Gasteiger partial charge in [0.25, 0.3) is 0 Å². The van der Waals surface area contributed by atoms with Crippen LogP contribution in [0.4, 0.5) is 0 Å². The summed E-state index contributed by atoms with van der Waals surface area (Å²) in [5.74, 6) is 0.159. The Hall–Kier alpha value is -0.610. The minimum Gasteiger partial charge on any atom is -0.393 e. The van der Waals surface area contributed by atoms with Crippen LogP contribution in [0.15, 0.2) is 0 Å². The van der Waals surface area contributed by atoms with Gasteiger partial charge in [-0.05, 0) is 12.8 Å². The molecule has 1 N–H and O–H groups in total. The highest BCUT2D eigenvalue weighted by Crippen LogP contribution is 2.10.